The molecule has 3 heterocycles. The first-order chi connectivity index (χ1) is 14.6. The quantitative estimate of drug-likeness (QED) is 0.654. The fraction of sp³-hybridized carbons (Fsp3) is 0.238. The average molecular weight is 424 g/mol. The number of carbonyl (C=O) groups excluding carboxylic acids is 2. The van der Waals surface area contributed by atoms with Crippen molar-refractivity contribution < 1.29 is 19.1 Å². The number of ether oxygens (including phenoxy) is 2. The maximum absolute atomic E-state index is 12.6. The van der Waals surface area contributed by atoms with Crippen molar-refractivity contribution in [2.24, 2.45) is 0 Å². The highest BCUT2D eigenvalue weighted by molar-refractivity contribution is 7.15. The standard InChI is InChI=1S/C21H20N4O4S/c1-28-14-5-7-15(8-6-14)29-13-19(26)25-11-9-16-18(12-25)30-21(23-16)24-20(27)17-4-2-3-10-22-17/h2-8,10H,9,11-13H2,1H3,(H,23,24,27). The minimum absolute atomic E-state index is 0.0380. The van der Waals surface area contributed by atoms with E-state index >= 15 is 0 Å². The van der Waals surface area contributed by atoms with Crippen molar-refractivity contribution in [3.8, 4) is 11.5 Å². The zero-order valence-corrected chi connectivity index (χ0v) is 17.1. The van der Waals surface area contributed by atoms with Gasteiger partial charge in [0.25, 0.3) is 11.8 Å². The normalized spacial score (nSPS) is 12.8. The average Bonchev–Trinajstić information content (AvgIpc) is 3.19. The molecule has 2 amide bonds. The molecule has 9 heteroatoms. The van der Waals surface area contributed by atoms with Crippen LogP contribution in [-0.4, -0.2) is 46.9 Å². The van der Waals surface area contributed by atoms with Crippen LogP contribution in [0.15, 0.2) is 48.7 Å². The molecule has 2 aromatic heterocycles. The second-order valence-electron chi connectivity index (χ2n) is 6.59. The molecular formula is C21H20N4O4S. The monoisotopic (exact) mass is 424 g/mol. The number of nitrogens with zero attached hydrogens (tertiary/aromatic N) is 3. The van der Waals surface area contributed by atoms with Crippen molar-refractivity contribution >= 4 is 28.3 Å². The van der Waals surface area contributed by atoms with Gasteiger partial charge in [-0.1, -0.05) is 17.4 Å². The van der Waals surface area contributed by atoms with Crippen LogP contribution < -0.4 is 14.8 Å². The lowest BCUT2D eigenvalue weighted by Gasteiger charge is -2.26. The summed E-state index contributed by atoms with van der Waals surface area (Å²) in [7, 11) is 1.60. The van der Waals surface area contributed by atoms with Crippen molar-refractivity contribution in [1.82, 2.24) is 14.9 Å². The Morgan fingerprint density at radius 2 is 1.97 bits per heavy atom. The molecule has 0 aliphatic carbocycles. The second kappa shape index (κ2) is 8.91. The maximum Gasteiger partial charge on any atom is 0.276 e. The van der Waals surface area contributed by atoms with E-state index < -0.39 is 0 Å². The second-order valence-corrected chi connectivity index (χ2v) is 7.67. The van der Waals surface area contributed by atoms with E-state index in [1.165, 1.54) is 11.3 Å². The Labute approximate surface area is 177 Å². The largest absolute Gasteiger partial charge is 0.497 e. The summed E-state index contributed by atoms with van der Waals surface area (Å²) in [5, 5.41) is 3.30. The zero-order chi connectivity index (χ0) is 20.9. The molecular weight excluding hydrogens is 404 g/mol. The van der Waals surface area contributed by atoms with Gasteiger partial charge in [0.1, 0.15) is 17.2 Å². The van der Waals surface area contributed by atoms with Crippen molar-refractivity contribution in [3.05, 3.63) is 64.9 Å². The Balaban J connectivity index is 1.34. The summed E-state index contributed by atoms with van der Waals surface area (Å²) in [4.78, 5) is 36.1. The van der Waals surface area contributed by atoms with E-state index in [-0.39, 0.29) is 18.4 Å². The highest BCUT2D eigenvalue weighted by atomic mass is 32.1. The van der Waals surface area contributed by atoms with E-state index in [1.54, 1.807) is 60.7 Å². The van der Waals surface area contributed by atoms with Gasteiger partial charge in [0.05, 0.1) is 19.3 Å². The van der Waals surface area contributed by atoms with Crippen molar-refractivity contribution in [2.45, 2.75) is 13.0 Å². The van der Waals surface area contributed by atoms with Gasteiger partial charge in [-0.05, 0) is 36.4 Å². The zero-order valence-electron chi connectivity index (χ0n) is 16.3. The predicted octanol–water partition coefficient (Wildman–Crippen LogP) is 2.76. The number of carbonyl (C=O) groups is 2. The van der Waals surface area contributed by atoms with E-state index in [9.17, 15) is 9.59 Å². The lowest BCUT2D eigenvalue weighted by molar-refractivity contribution is -0.134. The molecule has 4 rings (SSSR count). The van der Waals surface area contributed by atoms with Crippen molar-refractivity contribution in [3.63, 3.8) is 0 Å². The molecule has 0 spiro atoms. The van der Waals surface area contributed by atoms with E-state index in [4.69, 9.17) is 9.47 Å². The van der Waals surface area contributed by atoms with E-state index in [2.05, 4.69) is 15.3 Å². The summed E-state index contributed by atoms with van der Waals surface area (Å²) in [5.41, 5.74) is 1.25. The molecule has 0 atom stereocenters. The van der Waals surface area contributed by atoms with Crippen LogP contribution in [0.3, 0.4) is 0 Å². The summed E-state index contributed by atoms with van der Waals surface area (Å²) < 4.78 is 10.7. The van der Waals surface area contributed by atoms with E-state index in [0.717, 1.165) is 16.3 Å². The van der Waals surface area contributed by atoms with Gasteiger partial charge in [0.15, 0.2) is 11.7 Å². The van der Waals surface area contributed by atoms with Crippen LogP contribution in [-0.2, 0) is 17.8 Å². The number of methoxy groups -OCH3 is 1. The van der Waals surface area contributed by atoms with Crippen LogP contribution in [0.4, 0.5) is 5.13 Å². The number of aromatic nitrogens is 2. The number of hydrogen-bond acceptors (Lipinski definition) is 7. The van der Waals surface area contributed by atoms with Crippen LogP contribution >= 0.6 is 11.3 Å². The molecule has 0 saturated heterocycles. The van der Waals surface area contributed by atoms with Crippen LogP contribution in [0, 0.1) is 0 Å². The van der Waals surface area contributed by atoms with Gasteiger partial charge in [-0.25, -0.2) is 4.98 Å². The van der Waals surface area contributed by atoms with Gasteiger partial charge in [-0.15, -0.1) is 0 Å². The summed E-state index contributed by atoms with van der Waals surface area (Å²) in [6.07, 6.45) is 2.21. The number of pyridine rings is 1. The number of nitrogens with one attached hydrogen (secondary N) is 1. The van der Waals surface area contributed by atoms with Crippen molar-refractivity contribution in [2.75, 3.05) is 25.6 Å². The first kappa shape index (κ1) is 19.8. The fourth-order valence-corrected chi connectivity index (χ4v) is 4.05. The number of rotatable bonds is 6. The number of amides is 2. The summed E-state index contributed by atoms with van der Waals surface area (Å²) in [6, 6.07) is 12.2. The first-order valence-electron chi connectivity index (χ1n) is 9.38. The Hall–Kier alpha value is -3.46. The molecule has 0 fully saturated rings. The number of hydrogen-bond donors (Lipinski definition) is 1. The fourth-order valence-electron chi connectivity index (χ4n) is 3.03. The SMILES string of the molecule is COc1ccc(OCC(=O)N2CCc3nc(NC(=O)c4ccccn4)sc3C2)cc1. The Morgan fingerprint density at radius 3 is 2.70 bits per heavy atom. The lowest BCUT2D eigenvalue weighted by atomic mass is 10.2. The molecule has 0 unspecified atom stereocenters. The third kappa shape index (κ3) is 4.57. The van der Waals surface area contributed by atoms with Crippen LogP contribution in [0.25, 0.3) is 0 Å². The molecule has 0 bridgehead atoms. The van der Waals surface area contributed by atoms with Crippen LogP contribution in [0.2, 0.25) is 0 Å². The number of anilines is 1. The van der Waals surface area contributed by atoms with Gasteiger partial charge in [-0.2, -0.15) is 0 Å². The molecule has 1 aliphatic rings. The van der Waals surface area contributed by atoms with Gasteiger partial charge in [0.2, 0.25) is 0 Å². The minimum atomic E-state index is -0.303. The van der Waals surface area contributed by atoms with E-state index in [0.29, 0.717) is 36.1 Å². The molecule has 0 saturated carbocycles. The van der Waals surface area contributed by atoms with Gasteiger partial charge in [0, 0.05) is 24.0 Å². The van der Waals surface area contributed by atoms with Gasteiger partial charge in [-0.3, -0.25) is 19.9 Å². The Kier molecular flexibility index (Phi) is 5.89. The van der Waals surface area contributed by atoms with Crippen LogP contribution in [0.1, 0.15) is 21.1 Å². The predicted molar refractivity (Wildman–Crippen MR) is 112 cm³/mol. The maximum atomic E-state index is 12.6. The smallest absolute Gasteiger partial charge is 0.276 e. The number of fused-ring (bicyclic) bond motifs is 1. The highest BCUT2D eigenvalue weighted by Crippen LogP contribution is 2.28. The molecule has 3 aromatic rings. The molecule has 0 radical (unpaired) electrons. The minimum Gasteiger partial charge on any atom is -0.497 e. The summed E-state index contributed by atoms with van der Waals surface area (Å²) in [6.45, 7) is 0.982. The van der Waals surface area contributed by atoms with Gasteiger partial charge >= 0.3 is 0 Å². The molecule has 154 valence electrons. The molecule has 30 heavy (non-hydrogen) atoms. The third-order valence-electron chi connectivity index (χ3n) is 4.62. The lowest BCUT2D eigenvalue weighted by Crippen LogP contribution is -2.38. The first-order valence-corrected chi connectivity index (χ1v) is 10.2. The topological polar surface area (TPSA) is 93.7 Å². The summed E-state index contributed by atoms with van der Waals surface area (Å²) >= 11 is 1.38. The van der Waals surface area contributed by atoms with Gasteiger partial charge < -0.3 is 14.4 Å². The highest BCUT2D eigenvalue weighted by Gasteiger charge is 2.25. The van der Waals surface area contributed by atoms with E-state index in [1.807, 2.05) is 0 Å². The van der Waals surface area contributed by atoms with Crippen molar-refractivity contribution in [1.29, 1.82) is 0 Å². The molecule has 1 N–H and O–H groups in total. The Bertz CT molecular complexity index is 1040. The molecule has 1 aliphatic heterocycles. The molecule has 1 aromatic carbocycles. The third-order valence-corrected chi connectivity index (χ3v) is 5.62. The number of thiazole rings is 1. The van der Waals surface area contributed by atoms with Crippen LogP contribution in [0.5, 0.6) is 11.5 Å². The molecule has 8 nitrogen and oxygen atoms in total. The number of benzene rings is 1. The Morgan fingerprint density at radius 1 is 1.17 bits per heavy atom. The summed E-state index contributed by atoms with van der Waals surface area (Å²) in [5.74, 6) is 0.944.